The van der Waals surface area contributed by atoms with E-state index in [1.54, 1.807) is 0 Å². The lowest BCUT2D eigenvalue weighted by molar-refractivity contribution is 0.0757. The van der Waals surface area contributed by atoms with Gasteiger partial charge < -0.3 is 4.74 Å². The van der Waals surface area contributed by atoms with Crippen molar-refractivity contribution in [1.82, 2.24) is 0 Å². The van der Waals surface area contributed by atoms with Gasteiger partial charge in [-0.15, -0.1) is 0 Å². The van der Waals surface area contributed by atoms with Gasteiger partial charge in [-0.1, -0.05) is 32.6 Å². The SMILES string of the molecule is CCCCCCCOC(C)C.O=S(=O)(O)O. The highest BCUT2D eigenvalue weighted by Crippen LogP contribution is 2.02. The zero-order valence-corrected chi connectivity index (χ0v) is 11.2. The Morgan fingerprint density at radius 2 is 1.50 bits per heavy atom. The average Bonchev–Trinajstić information content (AvgIpc) is 2.08. The molecule has 0 aliphatic rings. The summed E-state index contributed by atoms with van der Waals surface area (Å²) in [4.78, 5) is 0. The molecule has 0 aromatic rings. The smallest absolute Gasteiger partial charge is 0.379 e. The van der Waals surface area contributed by atoms with Crippen LogP contribution in [0.3, 0.4) is 0 Å². The van der Waals surface area contributed by atoms with E-state index in [2.05, 4.69) is 20.8 Å². The van der Waals surface area contributed by atoms with Gasteiger partial charge in [0.15, 0.2) is 0 Å². The molecule has 0 aromatic heterocycles. The highest BCUT2D eigenvalue weighted by molar-refractivity contribution is 7.79. The lowest BCUT2D eigenvalue weighted by Gasteiger charge is -2.06. The van der Waals surface area contributed by atoms with Crippen LogP contribution in [0.5, 0.6) is 0 Å². The Kier molecular flexibility index (Phi) is 12.9. The molecule has 16 heavy (non-hydrogen) atoms. The molecular weight excluding hydrogens is 232 g/mol. The fourth-order valence-electron chi connectivity index (χ4n) is 1.02. The van der Waals surface area contributed by atoms with Crippen LogP contribution < -0.4 is 0 Å². The maximum atomic E-state index is 8.74. The Balaban J connectivity index is 0. The van der Waals surface area contributed by atoms with Crippen LogP contribution >= 0.6 is 0 Å². The Hall–Kier alpha value is -0.170. The third kappa shape index (κ3) is 37.1. The largest absolute Gasteiger partial charge is 0.394 e. The fourth-order valence-corrected chi connectivity index (χ4v) is 1.02. The summed E-state index contributed by atoms with van der Waals surface area (Å²) in [5.74, 6) is 0. The molecular formula is C10H24O5S. The van der Waals surface area contributed by atoms with Gasteiger partial charge in [-0.2, -0.15) is 8.42 Å². The van der Waals surface area contributed by atoms with Gasteiger partial charge >= 0.3 is 10.4 Å². The fraction of sp³-hybridized carbons (Fsp3) is 1.00. The number of hydrogen-bond donors (Lipinski definition) is 2. The molecule has 0 saturated carbocycles. The van der Waals surface area contributed by atoms with E-state index in [1.807, 2.05) is 0 Å². The molecule has 0 rings (SSSR count). The van der Waals surface area contributed by atoms with Gasteiger partial charge in [0.1, 0.15) is 0 Å². The molecule has 0 amide bonds. The lowest BCUT2D eigenvalue weighted by atomic mass is 10.2. The van der Waals surface area contributed by atoms with Crippen molar-refractivity contribution in [3.05, 3.63) is 0 Å². The average molecular weight is 256 g/mol. The van der Waals surface area contributed by atoms with E-state index in [4.69, 9.17) is 22.3 Å². The third-order valence-corrected chi connectivity index (χ3v) is 1.70. The molecule has 0 fully saturated rings. The molecule has 0 radical (unpaired) electrons. The summed E-state index contributed by atoms with van der Waals surface area (Å²) in [5, 5.41) is 0. The standard InChI is InChI=1S/C10H22O.H2O4S/c1-4-5-6-7-8-9-11-10(2)3;1-5(2,3)4/h10H,4-9H2,1-3H3;(H2,1,2,3,4). The van der Waals surface area contributed by atoms with Gasteiger partial charge in [-0.05, 0) is 20.3 Å². The predicted molar refractivity (Wildman–Crippen MR) is 64.0 cm³/mol. The maximum absolute atomic E-state index is 8.74. The molecule has 6 heteroatoms. The zero-order valence-electron chi connectivity index (χ0n) is 10.3. The molecule has 0 aliphatic heterocycles. The van der Waals surface area contributed by atoms with E-state index in [9.17, 15) is 0 Å². The molecule has 100 valence electrons. The maximum Gasteiger partial charge on any atom is 0.394 e. The molecule has 0 aliphatic carbocycles. The van der Waals surface area contributed by atoms with E-state index < -0.39 is 10.4 Å². The summed E-state index contributed by atoms with van der Waals surface area (Å²) in [6.45, 7) is 7.37. The molecule has 0 spiro atoms. The summed E-state index contributed by atoms with van der Waals surface area (Å²) in [5.41, 5.74) is 0. The van der Waals surface area contributed by atoms with Crippen LogP contribution in [0.15, 0.2) is 0 Å². The summed E-state index contributed by atoms with van der Waals surface area (Å²) < 4.78 is 37.0. The van der Waals surface area contributed by atoms with Gasteiger partial charge in [-0.3, -0.25) is 9.11 Å². The van der Waals surface area contributed by atoms with Gasteiger partial charge in [0, 0.05) is 6.61 Å². The molecule has 0 aromatic carbocycles. The summed E-state index contributed by atoms with van der Waals surface area (Å²) in [6.07, 6.45) is 7.05. The van der Waals surface area contributed by atoms with Crippen molar-refractivity contribution in [2.45, 2.75) is 59.0 Å². The zero-order chi connectivity index (χ0) is 13.0. The highest BCUT2D eigenvalue weighted by Gasteiger charge is 1.92. The molecule has 0 saturated heterocycles. The Labute approximate surface area is 98.8 Å². The van der Waals surface area contributed by atoms with Crippen molar-refractivity contribution >= 4 is 10.4 Å². The number of hydrogen-bond acceptors (Lipinski definition) is 3. The monoisotopic (exact) mass is 256 g/mol. The van der Waals surface area contributed by atoms with Gasteiger partial charge in [0.25, 0.3) is 0 Å². The second kappa shape index (κ2) is 11.3. The van der Waals surface area contributed by atoms with Crippen LogP contribution in [0.1, 0.15) is 52.9 Å². The Morgan fingerprint density at radius 3 is 1.88 bits per heavy atom. The second-order valence-corrected chi connectivity index (χ2v) is 4.68. The van der Waals surface area contributed by atoms with E-state index in [0.29, 0.717) is 6.10 Å². The predicted octanol–water partition coefficient (Wildman–Crippen LogP) is 2.73. The van der Waals surface area contributed by atoms with E-state index in [1.165, 1.54) is 32.1 Å². The molecule has 0 heterocycles. The second-order valence-electron chi connectivity index (χ2n) is 3.78. The van der Waals surface area contributed by atoms with Crippen LogP contribution in [0, 0.1) is 0 Å². The number of ether oxygens (including phenoxy) is 1. The summed E-state index contributed by atoms with van der Waals surface area (Å²) in [6, 6.07) is 0. The Bertz CT molecular complexity index is 215. The van der Waals surface area contributed by atoms with Gasteiger partial charge in [-0.25, -0.2) is 0 Å². The van der Waals surface area contributed by atoms with E-state index in [-0.39, 0.29) is 0 Å². The van der Waals surface area contributed by atoms with Crippen LogP contribution in [0.25, 0.3) is 0 Å². The van der Waals surface area contributed by atoms with E-state index >= 15 is 0 Å². The lowest BCUT2D eigenvalue weighted by Crippen LogP contribution is -2.03. The first-order valence-electron chi connectivity index (χ1n) is 5.58. The number of unbranched alkanes of at least 4 members (excludes halogenated alkanes) is 4. The van der Waals surface area contributed by atoms with Crippen molar-refractivity contribution in [1.29, 1.82) is 0 Å². The summed E-state index contributed by atoms with van der Waals surface area (Å²) >= 11 is 0. The van der Waals surface area contributed by atoms with Crippen molar-refractivity contribution in [3.63, 3.8) is 0 Å². The minimum absolute atomic E-state index is 0.404. The molecule has 0 atom stereocenters. The topological polar surface area (TPSA) is 83.8 Å². The molecule has 5 nitrogen and oxygen atoms in total. The minimum atomic E-state index is -4.67. The first-order valence-corrected chi connectivity index (χ1v) is 6.98. The van der Waals surface area contributed by atoms with Gasteiger partial charge in [0.2, 0.25) is 0 Å². The first-order chi connectivity index (χ1) is 7.27. The quantitative estimate of drug-likeness (QED) is 0.540. The number of rotatable bonds is 7. The van der Waals surface area contributed by atoms with Crippen molar-refractivity contribution in [3.8, 4) is 0 Å². The molecule has 0 unspecified atom stereocenters. The Morgan fingerprint density at radius 1 is 1.06 bits per heavy atom. The third-order valence-electron chi connectivity index (χ3n) is 1.70. The van der Waals surface area contributed by atoms with Crippen LogP contribution in [0.2, 0.25) is 0 Å². The van der Waals surface area contributed by atoms with Crippen molar-refractivity contribution in [2.75, 3.05) is 6.61 Å². The molecule has 0 bridgehead atoms. The van der Waals surface area contributed by atoms with Gasteiger partial charge in [0.05, 0.1) is 6.10 Å². The van der Waals surface area contributed by atoms with Crippen LogP contribution in [0.4, 0.5) is 0 Å². The van der Waals surface area contributed by atoms with Crippen molar-refractivity contribution in [2.24, 2.45) is 0 Å². The minimum Gasteiger partial charge on any atom is -0.379 e. The van der Waals surface area contributed by atoms with E-state index in [0.717, 1.165) is 6.61 Å². The molecule has 2 N–H and O–H groups in total. The highest BCUT2D eigenvalue weighted by atomic mass is 32.3. The normalized spacial score (nSPS) is 11.1. The van der Waals surface area contributed by atoms with Crippen molar-refractivity contribution < 1.29 is 22.3 Å². The summed E-state index contributed by atoms with van der Waals surface area (Å²) in [7, 11) is -4.67. The van der Waals surface area contributed by atoms with Crippen LogP contribution in [-0.2, 0) is 15.1 Å². The first kappa shape index (κ1) is 18.2. The van der Waals surface area contributed by atoms with Crippen LogP contribution in [-0.4, -0.2) is 30.2 Å².